The molecular formula is C9H11ClN4O3. The third-order valence-electron chi connectivity index (χ3n) is 2.78. The van der Waals surface area contributed by atoms with Crippen LogP contribution < -0.4 is 4.90 Å². The fourth-order valence-corrected chi connectivity index (χ4v) is 2.11. The van der Waals surface area contributed by atoms with Crippen LogP contribution in [0.5, 0.6) is 0 Å². The van der Waals surface area contributed by atoms with Gasteiger partial charge < -0.3 is 10.0 Å². The summed E-state index contributed by atoms with van der Waals surface area (Å²) in [5, 5.41) is 19.8. The number of hydrogen-bond donors (Lipinski definition) is 1. The smallest absolute Gasteiger partial charge is 0.348 e. The summed E-state index contributed by atoms with van der Waals surface area (Å²) >= 11 is 5.70. The Morgan fingerprint density at radius 2 is 2.41 bits per heavy atom. The van der Waals surface area contributed by atoms with Gasteiger partial charge in [0.2, 0.25) is 11.0 Å². The van der Waals surface area contributed by atoms with Gasteiger partial charge in [0.25, 0.3) is 0 Å². The Balaban J connectivity index is 2.33. The molecule has 2 heterocycles. The monoisotopic (exact) mass is 258 g/mol. The van der Waals surface area contributed by atoms with Crippen molar-refractivity contribution < 1.29 is 10.0 Å². The standard InChI is InChI=1S/C9H11ClN4O3/c10-8-7(14(16)17)9(12-5-11-8)13-2-1-6(3-13)4-15/h5-6,15H,1-4H2. The van der Waals surface area contributed by atoms with E-state index in [-0.39, 0.29) is 29.2 Å². The van der Waals surface area contributed by atoms with Crippen molar-refractivity contribution in [3.63, 3.8) is 0 Å². The SMILES string of the molecule is O=[N+]([O-])c1c(Cl)ncnc1N1CCC(CO)C1. The van der Waals surface area contributed by atoms with Crippen molar-refractivity contribution >= 4 is 23.1 Å². The Morgan fingerprint density at radius 1 is 1.65 bits per heavy atom. The lowest BCUT2D eigenvalue weighted by atomic mass is 10.1. The quantitative estimate of drug-likeness (QED) is 0.491. The molecule has 1 aliphatic heterocycles. The Bertz CT molecular complexity index is 442. The van der Waals surface area contributed by atoms with Crippen LogP contribution in [0.3, 0.4) is 0 Å². The van der Waals surface area contributed by atoms with Crippen molar-refractivity contribution in [1.82, 2.24) is 9.97 Å². The molecule has 1 N–H and O–H groups in total. The van der Waals surface area contributed by atoms with Gasteiger partial charge in [-0.1, -0.05) is 11.6 Å². The number of hydrogen-bond acceptors (Lipinski definition) is 6. The van der Waals surface area contributed by atoms with Crippen molar-refractivity contribution in [3.05, 3.63) is 21.6 Å². The van der Waals surface area contributed by atoms with Gasteiger partial charge in [0.15, 0.2) is 0 Å². The molecule has 1 saturated heterocycles. The second-order valence-electron chi connectivity index (χ2n) is 3.88. The summed E-state index contributed by atoms with van der Waals surface area (Å²) in [4.78, 5) is 19.6. The largest absolute Gasteiger partial charge is 0.396 e. The summed E-state index contributed by atoms with van der Waals surface area (Å²) in [6, 6.07) is 0. The van der Waals surface area contributed by atoms with Gasteiger partial charge in [0, 0.05) is 25.6 Å². The zero-order valence-corrected chi connectivity index (χ0v) is 9.67. The zero-order chi connectivity index (χ0) is 12.4. The highest BCUT2D eigenvalue weighted by atomic mass is 35.5. The van der Waals surface area contributed by atoms with Gasteiger partial charge in [-0.05, 0) is 6.42 Å². The van der Waals surface area contributed by atoms with Gasteiger partial charge in [-0.3, -0.25) is 10.1 Å². The highest BCUT2D eigenvalue weighted by Gasteiger charge is 2.30. The fraction of sp³-hybridized carbons (Fsp3) is 0.556. The summed E-state index contributed by atoms with van der Waals surface area (Å²) in [5.41, 5.74) is -0.271. The third kappa shape index (κ3) is 2.29. The van der Waals surface area contributed by atoms with E-state index in [1.54, 1.807) is 4.90 Å². The molecule has 1 aromatic rings. The van der Waals surface area contributed by atoms with E-state index in [9.17, 15) is 10.1 Å². The molecule has 7 nitrogen and oxygen atoms in total. The highest BCUT2D eigenvalue weighted by Crippen LogP contribution is 2.33. The highest BCUT2D eigenvalue weighted by molar-refractivity contribution is 6.31. The Kier molecular flexibility index (Phi) is 3.39. The number of aliphatic hydroxyl groups is 1. The normalized spacial score (nSPS) is 19.6. The maximum absolute atomic E-state index is 10.9. The van der Waals surface area contributed by atoms with Crippen molar-refractivity contribution in [2.24, 2.45) is 5.92 Å². The number of aliphatic hydroxyl groups excluding tert-OH is 1. The van der Waals surface area contributed by atoms with Crippen molar-refractivity contribution in [2.45, 2.75) is 6.42 Å². The summed E-state index contributed by atoms with van der Waals surface area (Å²) in [5.74, 6) is 0.356. The number of halogens is 1. The maximum Gasteiger partial charge on any atom is 0.348 e. The van der Waals surface area contributed by atoms with Crippen LogP contribution in [0, 0.1) is 16.0 Å². The number of nitrogens with zero attached hydrogens (tertiary/aromatic N) is 4. The molecule has 0 aromatic carbocycles. The Hall–Kier alpha value is -1.47. The van der Waals surface area contributed by atoms with Gasteiger partial charge in [0.05, 0.1) is 4.92 Å². The van der Waals surface area contributed by atoms with Crippen LogP contribution in [0.25, 0.3) is 0 Å². The molecule has 0 bridgehead atoms. The van der Waals surface area contributed by atoms with Crippen molar-refractivity contribution in [2.75, 3.05) is 24.6 Å². The summed E-state index contributed by atoms with van der Waals surface area (Å²) < 4.78 is 0. The van der Waals surface area contributed by atoms with Gasteiger partial charge in [-0.15, -0.1) is 0 Å². The minimum atomic E-state index is -0.579. The van der Waals surface area contributed by atoms with E-state index < -0.39 is 4.92 Å². The predicted molar refractivity (Wildman–Crippen MR) is 61.1 cm³/mol. The van der Waals surface area contributed by atoms with Crippen molar-refractivity contribution in [1.29, 1.82) is 0 Å². The first-order valence-electron chi connectivity index (χ1n) is 5.14. The van der Waals surface area contributed by atoms with Crippen molar-refractivity contribution in [3.8, 4) is 0 Å². The Morgan fingerprint density at radius 3 is 3.00 bits per heavy atom. The lowest BCUT2D eigenvalue weighted by molar-refractivity contribution is -0.384. The lowest BCUT2D eigenvalue weighted by Crippen LogP contribution is -2.23. The average Bonchev–Trinajstić information content (AvgIpc) is 2.76. The van der Waals surface area contributed by atoms with Crippen LogP contribution in [-0.2, 0) is 0 Å². The molecular weight excluding hydrogens is 248 g/mol. The van der Waals surface area contributed by atoms with Crippen LogP contribution in [0.1, 0.15) is 6.42 Å². The predicted octanol–water partition coefficient (Wildman–Crippen LogP) is 0.857. The molecule has 8 heteroatoms. The molecule has 1 aliphatic rings. The first kappa shape index (κ1) is 12.0. The Labute approximate surface area is 102 Å². The van der Waals surface area contributed by atoms with Crippen LogP contribution in [0.15, 0.2) is 6.33 Å². The summed E-state index contributed by atoms with van der Waals surface area (Å²) in [6.07, 6.45) is 1.99. The lowest BCUT2D eigenvalue weighted by Gasteiger charge is -2.16. The van der Waals surface area contributed by atoms with E-state index in [2.05, 4.69) is 9.97 Å². The van der Waals surface area contributed by atoms with Crippen LogP contribution in [-0.4, -0.2) is 39.7 Å². The molecule has 2 rings (SSSR count). The van der Waals surface area contributed by atoms with E-state index in [4.69, 9.17) is 16.7 Å². The van der Waals surface area contributed by atoms with E-state index >= 15 is 0 Å². The van der Waals surface area contributed by atoms with E-state index in [0.29, 0.717) is 13.1 Å². The number of aromatic nitrogens is 2. The molecule has 1 aromatic heterocycles. The molecule has 0 spiro atoms. The number of rotatable bonds is 3. The second kappa shape index (κ2) is 4.80. The summed E-state index contributed by atoms with van der Waals surface area (Å²) in [6.45, 7) is 1.24. The average molecular weight is 259 g/mol. The molecule has 0 amide bonds. The molecule has 1 unspecified atom stereocenters. The van der Waals surface area contributed by atoms with Gasteiger partial charge in [0.1, 0.15) is 6.33 Å². The van der Waals surface area contributed by atoms with E-state index in [1.165, 1.54) is 6.33 Å². The van der Waals surface area contributed by atoms with Gasteiger partial charge >= 0.3 is 5.69 Å². The molecule has 0 saturated carbocycles. The topological polar surface area (TPSA) is 92.4 Å². The number of nitro groups is 1. The minimum absolute atomic E-state index is 0.0725. The van der Waals surface area contributed by atoms with E-state index in [1.807, 2.05) is 0 Å². The molecule has 17 heavy (non-hydrogen) atoms. The number of anilines is 1. The molecule has 1 fully saturated rings. The molecule has 92 valence electrons. The molecule has 0 radical (unpaired) electrons. The molecule has 0 aliphatic carbocycles. The van der Waals surface area contributed by atoms with Crippen LogP contribution in [0.4, 0.5) is 11.5 Å². The third-order valence-corrected chi connectivity index (χ3v) is 3.06. The van der Waals surface area contributed by atoms with E-state index in [0.717, 1.165) is 6.42 Å². The first-order valence-corrected chi connectivity index (χ1v) is 5.52. The van der Waals surface area contributed by atoms with Gasteiger partial charge in [-0.25, -0.2) is 9.97 Å². The van der Waals surface area contributed by atoms with Crippen LogP contribution >= 0.6 is 11.6 Å². The zero-order valence-electron chi connectivity index (χ0n) is 8.91. The summed E-state index contributed by atoms with van der Waals surface area (Å²) in [7, 11) is 0. The minimum Gasteiger partial charge on any atom is -0.396 e. The fourth-order valence-electron chi connectivity index (χ4n) is 1.91. The maximum atomic E-state index is 10.9. The molecule has 1 atom stereocenters. The van der Waals surface area contributed by atoms with Crippen LogP contribution in [0.2, 0.25) is 5.15 Å². The van der Waals surface area contributed by atoms with Gasteiger partial charge in [-0.2, -0.15) is 0 Å². The second-order valence-corrected chi connectivity index (χ2v) is 4.24. The first-order chi connectivity index (χ1) is 8.13.